The Hall–Kier alpha value is -0.310. The second kappa shape index (κ2) is 5.43. The van der Waals surface area contributed by atoms with E-state index in [0.29, 0.717) is 0 Å². The van der Waals surface area contributed by atoms with Crippen LogP contribution in [0.25, 0.3) is 0 Å². The molecule has 0 saturated heterocycles. The molecule has 0 aliphatic carbocycles. The molecule has 0 aromatic carbocycles. The Morgan fingerprint density at radius 3 is 2.92 bits per heavy atom. The monoisotopic (exact) mass is 215 g/mol. The van der Waals surface area contributed by atoms with E-state index in [0.717, 1.165) is 23.6 Å². The summed E-state index contributed by atoms with van der Waals surface area (Å²) in [4.78, 5) is 1.18. The van der Waals surface area contributed by atoms with Crippen LogP contribution in [0, 0.1) is 0 Å². The maximum absolute atomic E-state index is 5.97. The van der Waals surface area contributed by atoms with E-state index < -0.39 is 0 Å². The van der Waals surface area contributed by atoms with Crippen LogP contribution in [0.1, 0.15) is 30.2 Å². The molecular formula is C10H14ClNS. The number of hydrogen-bond donors (Lipinski definition) is 1. The standard InChI is InChI=1S/C10H14ClNS/c1-2-3-4-5-8(12)9-6-7-10(11)13-9/h2,6-8H,1,3-5,12H2. The molecule has 0 radical (unpaired) electrons. The molecule has 2 N–H and O–H groups in total. The highest BCUT2D eigenvalue weighted by atomic mass is 35.5. The third-order valence-corrected chi connectivity index (χ3v) is 3.25. The van der Waals surface area contributed by atoms with Crippen molar-refractivity contribution in [3.63, 3.8) is 0 Å². The van der Waals surface area contributed by atoms with Gasteiger partial charge in [-0.25, -0.2) is 0 Å². The molecule has 0 aliphatic rings. The number of nitrogens with two attached hydrogens (primary N) is 1. The Kier molecular flexibility index (Phi) is 4.50. The molecule has 1 nitrogen and oxygen atoms in total. The van der Waals surface area contributed by atoms with Crippen molar-refractivity contribution in [1.82, 2.24) is 0 Å². The number of unbranched alkanes of at least 4 members (excludes halogenated alkanes) is 1. The van der Waals surface area contributed by atoms with Gasteiger partial charge in [0.25, 0.3) is 0 Å². The highest BCUT2D eigenvalue weighted by molar-refractivity contribution is 7.16. The smallest absolute Gasteiger partial charge is 0.0931 e. The predicted molar refractivity (Wildman–Crippen MR) is 60.3 cm³/mol. The molecule has 1 atom stereocenters. The predicted octanol–water partition coefficient (Wildman–Crippen LogP) is 3.76. The molecule has 0 saturated carbocycles. The first kappa shape index (κ1) is 10.8. The fraction of sp³-hybridized carbons (Fsp3) is 0.400. The van der Waals surface area contributed by atoms with Crippen molar-refractivity contribution >= 4 is 22.9 Å². The number of halogens is 1. The Morgan fingerprint density at radius 1 is 1.62 bits per heavy atom. The van der Waals surface area contributed by atoms with Crippen molar-refractivity contribution in [1.29, 1.82) is 0 Å². The molecule has 1 heterocycles. The minimum absolute atomic E-state index is 0.137. The van der Waals surface area contributed by atoms with Crippen LogP contribution < -0.4 is 5.73 Å². The summed E-state index contributed by atoms with van der Waals surface area (Å²) in [6, 6.07) is 4.04. The van der Waals surface area contributed by atoms with Crippen molar-refractivity contribution in [2.75, 3.05) is 0 Å². The van der Waals surface area contributed by atoms with E-state index in [4.69, 9.17) is 17.3 Å². The fourth-order valence-corrected chi connectivity index (χ4v) is 2.25. The summed E-state index contributed by atoms with van der Waals surface area (Å²) in [6.45, 7) is 3.68. The van der Waals surface area contributed by atoms with E-state index in [1.165, 1.54) is 4.88 Å². The molecule has 1 aromatic rings. The van der Waals surface area contributed by atoms with Crippen LogP contribution in [0.5, 0.6) is 0 Å². The summed E-state index contributed by atoms with van der Waals surface area (Å²) >= 11 is 7.38. The summed E-state index contributed by atoms with van der Waals surface area (Å²) in [7, 11) is 0. The summed E-state index contributed by atoms with van der Waals surface area (Å²) in [5.74, 6) is 0. The molecule has 0 bridgehead atoms. The first-order valence-electron chi connectivity index (χ1n) is 4.35. The van der Waals surface area contributed by atoms with Crippen LogP contribution in [0.2, 0.25) is 4.34 Å². The molecule has 3 heteroatoms. The van der Waals surface area contributed by atoms with Gasteiger partial charge in [0.15, 0.2) is 0 Å². The zero-order valence-corrected chi connectivity index (χ0v) is 9.07. The molecule has 13 heavy (non-hydrogen) atoms. The lowest BCUT2D eigenvalue weighted by Crippen LogP contribution is -2.07. The van der Waals surface area contributed by atoms with Gasteiger partial charge in [0.1, 0.15) is 0 Å². The van der Waals surface area contributed by atoms with Gasteiger partial charge in [-0.2, -0.15) is 0 Å². The van der Waals surface area contributed by atoms with Gasteiger partial charge < -0.3 is 5.73 Å². The van der Waals surface area contributed by atoms with Crippen LogP contribution in [0.15, 0.2) is 24.8 Å². The van der Waals surface area contributed by atoms with E-state index in [1.54, 1.807) is 11.3 Å². The van der Waals surface area contributed by atoms with Gasteiger partial charge in [0, 0.05) is 10.9 Å². The topological polar surface area (TPSA) is 26.0 Å². The fourth-order valence-electron chi connectivity index (χ4n) is 1.15. The minimum atomic E-state index is 0.137. The average molecular weight is 216 g/mol. The summed E-state index contributed by atoms with van der Waals surface area (Å²) < 4.78 is 0.814. The zero-order valence-electron chi connectivity index (χ0n) is 7.50. The van der Waals surface area contributed by atoms with Crippen LogP contribution in [-0.4, -0.2) is 0 Å². The highest BCUT2D eigenvalue weighted by Gasteiger charge is 2.07. The van der Waals surface area contributed by atoms with Crippen LogP contribution in [-0.2, 0) is 0 Å². The number of rotatable bonds is 5. The largest absolute Gasteiger partial charge is 0.323 e. The molecule has 0 aliphatic heterocycles. The Morgan fingerprint density at radius 2 is 2.38 bits per heavy atom. The van der Waals surface area contributed by atoms with Gasteiger partial charge in [-0.3, -0.25) is 0 Å². The molecule has 72 valence electrons. The highest BCUT2D eigenvalue weighted by Crippen LogP contribution is 2.28. The molecule has 0 fully saturated rings. The van der Waals surface area contributed by atoms with E-state index >= 15 is 0 Å². The lowest BCUT2D eigenvalue weighted by molar-refractivity contribution is 0.626. The normalized spacial score (nSPS) is 12.8. The maximum Gasteiger partial charge on any atom is 0.0931 e. The van der Waals surface area contributed by atoms with E-state index in [1.807, 2.05) is 18.2 Å². The Balaban J connectivity index is 2.39. The second-order valence-electron chi connectivity index (χ2n) is 2.97. The first-order valence-corrected chi connectivity index (χ1v) is 5.55. The second-order valence-corrected chi connectivity index (χ2v) is 4.71. The van der Waals surface area contributed by atoms with Gasteiger partial charge in [-0.1, -0.05) is 17.7 Å². The molecule has 1 aromatic heterocycles. The van der Waals surface area contributed by atoms with Crippen molar-refractivity contribution in [2.24, 2.45) is 5.73 Å². The molecule has 0 amide bonds. The lowest BCUT2D eigenvalue weighted by atomic mass is 10.1. The quantitative estimate of drug-likeness (QED) is 0.588. The van der Waals surface area contributed by atoms with Crippen molar-refractivity contribution in [3.8, 4) is 0 Å². The Bertz CT molecular complexity index is 270. The third-order valence-electron chi connectivity index (χ3n) is 1.88. The average Bonchev–Trinajstić information content (AvgIpc) is 2.52. The minimum Gasteiger partial charge on any atom is -0.323 e. The molecule has 0 spiro atoms. The van der Waals surface area contributed by atoms with Gasteiger partial charge in [0.05, 0.1) is 4.34 Å². The van der Waals surface area contributed by atoms with Crippen molar-refractivity contribution < 1.29 is 0 Å². The number of allylic oxidation sites excluding steroid dienone is 1. The summed E-state index contributed by atoms with van der Waals surface area (Å²) in [6.07, 6.45) is 5.06. The van der Waals surface area contributed by atoms with Gasteiger partial charge >= 0.3 is 0 Å². The van der Waals surface area contributed by atoms with Gasteiger partial charge in [-0.05, 0) is 31.4 Å². The maximum atomic E-state index is 5.97. The van der Waals surface area contributed by atoms with Crippen molar-refractivity contribution in [2.45, 2.75) is 25.3 Å². The van der Waals surface area contributed by atoms with Crippen molar-refractivity contribution in [3.05, 3.63) is 34.0 Å². The van der Waals surface area contributed by atoms with Gasteiger partial charge in [-0.15, -0.1) is 17.9 Å². The van der Waals surface area contributed by atoms with E-state index in [-0.39, 0.29) is 6.04 Å². The molecule has 1 unspecified atom stereocenters. The van der Waals surface area contributed by atoms with E-state index in [9.17, 15) is 0 Å². The van der Waals surface area contributed by atoms with E-state index in [2.05, 4.69) is 6.58 Å². The van der Waals surface area contributed by atoms with Gasteiger partial charge in [0.2, 0.25) is 0 Å². The molecule has 1 rings (SSSR count). The summed E-state index contributed by atoms with van der Waals surface area (Å²) in [5, 5.41) is 0. The lowest BCUT2D eigenvalue weighted by Gasteiger charge is -2.07. The molecular weight excluding hydrogens is 202 g/mol. The Labute approximate surface area is 88.2 Å². The van der Waals surface area contributed by atoms with Crippen LogP contribution in [0.3, 0.4) is 0 Å². The number of hydrogen-bond acceptors (Lipinski definition) is 2. The van der Waals surface area contributed by atoms with Crippen LogP contribution in [0.4, 0.5) is 0 Å². The first-order chi connectivity index (χ1) is 6.24. The summed E-state index contributed by atoms with van der Waals surface area (Å²) in [5.41, 5.74) is 5.97. The zero-order chi connectivity index (χ0) is 9.68. The third kappa shape index (κ3) is 3.51. The SMILES string of the molecule is C=CCCCC(N)c1ccc(Cl)s1. The number of thiophene rings is 1. The van der Waals surface area contributed by atoms with Crippen LogP contribution >= 0.6 is 22.9 Å².